The Kier molecular flexibility index (Phi) is 3.63. The number of anilines is 2. The van der Waals surface area contributed by atoms with Crippen LogP contribution in [0.4, 0.5) is 11.4 Å². The molecular weight excluding hydrogens is 266 g/mol. The Morgan fingerprint density at radius 2 is 2.10 bits per heavy atom. The fourth-order valence-electron chi connectivity index (χ4n) is 3.39. The summed E-state index contributed by atoms with van der Waals surface area (Å²) in [6, 6.07) is 6.45. The maximum absolute atomic E-state index is 11.8. The highest BCUT2D eigenvalue weighted by Gasteiger charge is 2.34. The molecule has 0 aliphatic carbocycles. The van der Waals surface area contributed by atoms with E-state index in [9.17, 15) is 9.90 Å². The summed E-state index contributed by atoms with van der Waals surface area (Å²) in [7, 11) is 1.72. The minimum absolute atomic E-state index is 0.244. The predicted octanol–water partition coefficient (Wildman–Crippen LogP) is 1.23. The average Bonchev–Trinajstić information content (AvgIpc) is 2.71. The fraction of sp³-hybridized carbons (Fsp3) is 0.562. The van der Waals surface area contributed by atoms with Crippen LogP contribution in [-0.2, 0) is 4.79 Å². The van der Waals surface area contributed by atoms with Gasteiger partial charge in [0.05, 0.1) is 5.69 Å². The number of carbonyl (C=O) groups is 1. The van der Waals surface area contributed by atoms with Crippen LogP contribution in [0.25, 0.3) is 0 Å². The van der Waals surface area contributed by atoms with Gasteiger partial charge in [0.15, 0.2) is 6.10 Å². The van der Waals surface area contributed by atoms with Crippen molar-refractivity contribution in [1.29, 1.82) is 0 Å². The molecule has 1 amide bonds. The summed E-state index contributed by atoms with van der Waals surface area (Å²) in [5, 5.41) is 9.92. The minimum Gasteiger partial charge on any atom is -0.378 e. The number of likely N-dealkylation sites (N-methyl/N-ethyl adjacent to an activating group) is 2. The maximum atomic E-state index is 11.8. The third kappa shape index (κ3) is 2.30. The lowest BCUT2D eigenvalue weighted by Crippen LogP contribution is -2.51. The number of nitrogens with zero attached hydrogens (tertiary/aromatic N) is 3. The summed E-state index contributed by atoms with van der Waals surface area (Å²) in [5.74, 6) is -0.244. The van der Waals surface area contributed by atoms with Crippen LogP contribution in [0, 0.1) is 0 Å². The molecule has 2 aliphatic heterocycles. The van der Waals surface area contributed by atoms with Crippen LogP contribution < -0.4 is 9.80 Å². The van der Waals surface area contributed by atoms with Gasteiger partial charge in [0, 0.05) is 44.0 Å². The van der Waals surface area contributed by atoms with Gasteiger partial charge in [-0.1, -0.05) is 13.0 Å². The number of amides is 1. The molecule has 0 radical (unpaired) electrons. The number of piperazine rings is 1. The third-order valence-corrected chi connectivity index (χ3v) is 4.77. The fourth-order valence-corrected chi connectivity index (χ4v) is 3.39. The Morgan fingerprint density at radius 1 is 1.33 bits per heavy atom. The summed E-state index contributed by atoms with van der Waals surface area (Å²) >= 11 is 0. The molecule has 21 heavy (non-hydrogen) atoms. The maximum Gasteiger partial charge on any atom is 0.260 e. The van der Waals surface area contributed by atoms with E-state index in [1.807, 2.05) is 18.2 Å². The number of aliphatic hydroxyl groups is 1. The minimum atomic E-state index is -1.00. The molecule has 0 bridgehead atoms. The highest BCUT2D eigenvalue weighted by Crippen LogP contribution is 2.37. The molecule has 1 N–H and O–H groups in total. The Morgan fingerprint density at radius 3 is 2.76 bits per heavy atom. The van der Waals surface area contributed by atoms with Gasteiger partial charge in [-0.2, -0.15) is 0 Å². The van der Waals surface area contributed by atoms with Gasteiger partial charge in [0.25, 0.3) is 5.91 Å². The molecule has 5 nitrogen and oxygen atoms in total. The average molecular weight is 289 g/mol. The first-order valence-corrected chi connectivity index (χ1v) is 7.61. The Bertz CT molecular complexity index is 560. The van der Waals surface area contributed by atoms with Crippen molar-refractivity contribution < 1.29 is 9.90 Å². The second kappa shape index (κ2) is 5.31. The number of rotatable bonds is 2. The van der Waals surface area contributed by atoms with Crippen LogP contribution in [0.2, 0.25) is 0 Å². The van der Waals surface area contributed by atoms with Crippen molar-refractivity contribution in [2.45, 2.75) is 26.0 Å². The zero-order valence-corrected chi connectivity index (χ0v) is 12.9. The lowest BCUT2D eigenvalue weighted by Gasteiger charge is -2.40. The number of hydrogen-bond donors (Lipinski definition) is 1. The second-order valence-corrected chi connectivity index (χ2v) is 5.97. The van der Waals surface area contributed by atoms with E-state index in [4.69, 9.17) is 0 Å². The van der Waals surface area contributed by atoms with Crippen molar-refractivity contribution in [1.82, 2.24) is 4.90 Å². The Balaban J connectivity index is 1.84. The molecule has 1 fully saturated rings. The third-order valence-electron chi connectivity index (χ3n) is 4.77. The van der Waals surface area contributed by atoms with Gasteiger partial charge in [0.2, 0.25) is 0 Å². The number of hydrogen-bond acceptors (Lipinski definition) is 4. The van der Waals surface area contributed by atoms with Crippen molar-refractivity contribution in [3.8, 4) is 0 Å². The van der Waals surface area contributed by atoms with E-state index in [1.54, 1.807) is 11.9 Å². The second-order valence-electron chi connectivity index (χ2n) is 5.97. The van der Waals surface area contributed by atoms with Crippen molar-refractivity contribution in [3.63, 3.8) is 0 Å². The topological polar surface area (TPSA) is 47.0 Å². The van der Waals surface area contributed by atoms with Crippen LogP contribution in [-0.4, -0.2) is 55.2 Å². The summed E-state index contributed by atoms with van der Waals surface area (Å²) in [4.78, 5) is 18.2. The Labute approximate surface area is 125 Å². The number of aliphatic hydroxyl groups excluding tert-OH is 1. The molecule has 0 aromatic heterocycles. The van der Waals surface area contributed by atoms with E-state index in [2.05, 4.69) is 23.6 Å². The smallest absolute Gasteiger partial charge is 0.260 e. The number of carbonyl (C=O) groups excluding carboxylic acids is 1. The van der Waals surface area contributed by atoms with Gasteiger partial charge in [-0.25, -0.2) is 0 Å². The highest BCUT2D eigenvalue weighted by atomic mass is 16.3. The van der Waals surface area contributed by atoms with Gasteiger partial charge < -0.3 is 14.9 Å². The van der Waals surface area contributed by atoms with Crippen molar-refractivity contribution in [2.24, 2.45) is 0 Å². The molecule has 2 atom stereocenters. The summed E-state index contributed by atoms with van der Waals surface area (Å²) in [5.41, 5.74) is 2.67. The highest BCUT2D eigenvalue weighted by molar-refractivity contribution is 6.03. The van der Waals surface area contributed by atoms with Gasteiger partial charge in [-0.05, 0) is 25.6 Å². The van der Waals surface area contributed by atoms with Crippen LogP contribution >= 0.6 is 0 Å². The molecule has 2 heterocycles. The van der Waals surface area contributed by atoms with E-state index >= 15 is 0 Å². The lowest BCUT2D eigenvalue weighted by atomic mass is 10.1. The van der Waals surface area contributed by atoms with E-state index in [-0.39, 0.29) is 5.91 Å². The van der Waals surface area contributed by atoms with E-state index in [0.717, 1.165) is 37.6 Å². The standard InChI is InChI=1S/C16H23N3O2/c1-4-18-7-8-19(10-11(18)2)12-5-6-13-14(9-12)17(3)16(21)15(13)20/h5-6,9,11,15,20H,4,7-8,10H2,1-3H3. The molecule has 1 saturated heterocycles. The molecule has 3 rings (SSSR count). The summed E-state index contributed by atoms with van der Waals surface area (Å²) < 4.78 is 0. The molecule has 2 unspecified atom stereocenters. The summed E-state index contributed by atoms with van der Waals surface area (Å²) in [6.45, 7) is 8.59. The molecule has 5 heteroatoms. The van der Waals surface area contributed by atoms with Crippen LogP contribution in [0.1, 0.15) is 25.5 Å². The van der Waals surface area contributed by atoms with Gasteiger partial charge >= 0.3 is 0 Å². The number of fused-ring (bicyclic) bond motifs is 1. The van der Waals surface area contributed by atoms with Gasteiger partial charge in [-0.15, -0.1) is 0 Å². The van der Waals surface area contributed by atoms with Crippen LogP contribution in [0.3, 0.4) is 0 Å². The monoisotopic (exact) mass is 289 g/mol. The van der Waals surface area contributed by atoms with Crippen LogP contribution in [0.15, 0.2) is 18.2 Å². The predicted molar refractivity (Wildman–Crippen MR) is 83.7 cm³/mol. The van der Waals surface area contributed by atoms with Gasteiger partial charge in [-0.3, -0.25) is 9.69 Å². The zero-order valence-electron chi connectivity index (χ0n) is 12.9. The first-order chi connectivity index (χ1) is 10.0. The van der Waals surface area contributed by atoms with E-state index in [1.165, 1.54) is 0 Å². The molecule has 2 aliphatic rings. The molecule has 114 valence electrons. The molecule has 0 spiro atoms. The van der Waals surface area contributed by atoms with Gasteiger partial charge in [0.1, 0.15) is 0 Å². The van der Waals surface area contributed by atoms with E-state index < -0.39 is 6.10 Å². The normalized spacial score (nSPS) is 26.4. The SMILES string of the molecule is CCN1CCN(c2ccc3c(c2)N(C)C(=O)C3O)CC1C. The molecule has 0 saturated carbocycles. The summed E-state index contributed by atoms with van der Waals surface area (Å²) in [6.07, 6.45) is -1.00. The lowest BCUT2D eigenvalue weighted by molar-refractivity contribution is -0.125. The molecular formula is C16H23N3O2. The largest absolute Gasteiger partial charge is 0.378 e. The first-order valence-electron chi connectivity index (χ1n) is 7.61. The molecule has 1 aromatic rings. The van der Waals surface area contributed by atoms with Crippen molar-refractivity contribution in [2.75, 3.05) is 43.0 Å². The quantitative estimate of drug-likeness (QED) is 0.889. The Hall–Kier alpha value is -1.59. The zero-order chi connectivity index (χ0) is 15.1. The van der Waals surface area contributed by atoms with Crippen molar-refractivity contribution in [3.05, 3.63) is 23.8 Å². The van der Waals surface area contributed by atoms with Crippen molar-refractivity contribution >= 4 is 17.3 Å². The van der Waals surface area contributed by atoms with E-state index in [0.29, 0.717) is 11.6 Å². The first kappa shape index (κ1) is 14.4. The number of benzene rings is 1. The molecule has 1 aromatic carbocycles. The van der Waals surface area contributed by atoms with Crippen LogP contribution in [0.5, 0.6) is 0 Å².